The van der Waals surface area contributed by atoms with Gasteiger partial charge in [0.25, 0.3) is 5.91 Å². The number of nitrogens with one attached hydrogen (secondary N) is 1. The largest absolute Gasteiger partial charge is 0.479 e. The topological polar surface area (TPSA) is 75.0 Å². The van der Waals surface area contributed by atoms with Crippen molar-refractivity contribution in [2.45, 2.75) is 0 Å². The molecule has 0 bridgehead atoms. The molecule has 0 atom stereocenters. The minimum Gasteiger partial charge on any atom is -0.479 e. The Hall–Kier alpha value is -2.39. The minimum absolute atomic E-state index is 0.0348. The first-order valence-corrected chi connectivity index (χ1v) is 6.50. The summed E-state index contributed by atoms with van der Waals surface area (Å²) in [5, 5.41) is 11.2. The van der Waals surface area contributed by atoms with Crippen LogP contribution < -0.4 is 10.1 Å². The van der Waals surface area contributed by atoms with Gasteiger partial charge in [0.05, 0.1) is 5.56 Å². The summed E-state index contributed by atoms with van der Waals surface area (Å²) in [7, 11) is 0. The number of pyridine rings is 1. The molecule has 0 radical (unpaired) electrons. The van der Waals surface area contributed by atoms with Crippen LogP contribution in [0.5, 0.6) is 5.75 Å². The number of aromatic nitrogens is 1. The van der Waals surface area contributed by atoms with Crippen molar-refractivity contribution >= 4 is 27.5 Å². The van der Waals surface area contributed by atoms with Crippen molar-refractivity contribution in [3.63, 3.8) is 0 Å². The lowest BCUT2D eigenvalue weighted by Gasteiger charge is -2.07. The Labute approximate surface area is 124 Å². The monoisotopic (exact) mass is 331 g/mol. The van der Waals surface area contributed by atoms with Gasteiger partial charge in [0.1, 0.15) is 11.8 Å². The van der Waals surface area contributed by atoms with Gasteiger partial charge in [-0.2, -0.15) is 5.26 Å². The van der Waals surface area contributed by atoms with E-state index in [1.54, 1.807) is 36.5 Å². The molecule has 1 amide bonds. The van der Waals surface area contributed by atoms with Gasteiger partial charge in [0.2, 0.25) is 0 Å². The van der Waals surface area contributed by atoms with Gasteiger partial charge in [0.15, 0.2) is 6.61 Å². The smallest absolute Gasteiger partial charge is 0.257 e. The lowest BCUT2D eigenvalue weighted by Crippen LogP contribution is -2.12. The van der Waals surface area contributed by atoms with E-state index in [1.165, 1.54) is 6.20 Å². The standard InChI is InChI=1S/C14H10BrN3O2/c15-11-6-10(8-17-9-11)14(19)18-12-2-1-3-13(7-12)20-5-4-16/h1-3,6-9H,5H2,(H,18,19). The zero-order valence-corrected chi connectivity index (χ0v) is 11.9. The molecule has 2 aromatic rings. The van der Waals surface area contributed by atoms with Crippen molar-refractivity contribution < 1.29 is 9.53 Å². The van der Waals surface area contributed by atoms with E-state index in [0.29, 0.717) is 17.0 Å². The first kappa shape index (κ1) is 14.0. The molecule has 1 aromatic heterocycles. The summed E-state index contributed by atoms with van der Waals surface area (Å²) in [5.74, 6) is 0.257. The van der Waals surface area contributed by atoms with Crippen molar-refractivity contribution in [2.24, 2.45) is 0 Å². The maximum Gasteiger partial charge on any atom is 0.257 e. The van der Waals surface area contributed by atoms with Crippen LogP contribution in [-0.2, 0) is 0 Å². The van der Waals surface area contributed by atoms with E-state index in [9.17, 15) is 4.79 Å². The number of hydrogen-bond acceptors (Lipinski definition) is 4. The Morgan fingerprint density at radius 3 is 3.00 bits per heavy atom. The molecule has 0 saturated carbocycles. The normalized spacial score (nSPS) is 9.60. The number of benzene rings is 1. The van der Waals surface area contributed by atoms with Crippen LogP contribution >= 0.6 is 15.9 Å². The maximum absolute atomic E-state index is 12.0. The number of nitrogens with zero attached hydrogens (tertiary/aromatic N) is 2. The second kappa shape index (κ2) is 6.68. The van der Waals surface area contributed by atoms with Gasteiger partial charge in [-0.15, -0.1) is 0 Å². The van der Waals surface area contributed by atoms with E-state index >= 15 is 0 Å². The average molecular weight is 332 g/mol. The molecule has 0 aliphatic heterocycles. The summed E-state index contributed by atoms with van der Waals surface area (Å²) >= 11 is 3.26. The SMILES string of the molecule is N#CCOc1cccc(NC(=O)c2cncc(Br)c2)c1. The third kappa shape index (κ3) is 3.80. The predicted molar refractivity (Wildman–Crippen MR) is 77.4 cm³/mol. The molecule has 0 unspecified atom stereocenters. The molecule has 0 aliphatic carbocycles. The summed E-state index contributed by atoms with van der Waals surface area (Å²) < 4.78 is 5.90. The van der Waals surface area contributed by atoms with E-state index < -0.39 is 0 Å². The number of ether oxygens (including phenoxy) is 1. The highest BCUT2D eigenvalue weighted by molar-refractivity contribution is 9.10. The number of halogens is 1. The van der Waals surface area contributed by atoms with E-state index in [1.807, 2.05) is 6.07 Å². The van der Waals surface area contributed by atoms with E-state index in [0.717, 1.165) is 4.47 Å². The highest BCUT2D eigenvalue weighted by Gasteiger charge is 2.07. The molecule has 100 valence electrons. The molecule has 2 rings (SSSR count). The van der Waals surface area contributed by atoms with Crippen molar-refractivity contribution in [3.05, 3.63) is 52.8 Å². The summed E-state index contributed by atoms with van der Waals surface area (Å²) in [4.78, 5) is 16.0. The Morgan fingerprint density at radius 1 is 1.40 bits per heavy atom. The zero-order valence-electron chi connectivity index (χ0n) is 10.3. The second-order valence-corrected chi connectivity index (χ2v) is 4.74. The van der Waals surface area contributed by atoms with Crippen LogP contribution in [0.25, 0.3) is 0 Å². The lowest BCUT2D eigenvalue weighted by atomic mass is 10.2. The fourth-order valence-electron chi connectivity index (χ4n) is 1.52. The Balaban J connectivity index is 2.10. The lowest BCUT2D eigenvalue weighted by molar-refractivity contribution is 0.102. The van der Waals surface area contributed by atoms with E-state index in [-0.39, 0.29) is 12.5 Å². The average Bonchev–Trinajstić information content (AvgIpc) is 2.45. The van der Waals surface area contributed by atoms with Gasteiger partial charge in [-0.1, -0.05) is 6.07 Å². The molecular weight excluding hydrogens is 322 g/mol. The molecule has 0 saturated heterocycles. The van der Waals surface area contributed by atoms with Gasteiger partial charge in [-0.25, -0.2) is 0 Å². The second-order valence-electron chi connectivity index (χ2n) is 3.82. The van der Waals surface area contributed by atoms with Crippen LogP contribution in [0.3, 0.4) is 0 Å². The van der Waals surface area contributed by atoms with Crippen LogP contribution in [-0.4, -0.2) is 17.5 Å². The predicted octanol–water partition coefficient (Wildman–Crippen LogP) is 3.00. The number of amides is 1. The molecule has 0 fully saturated rings. The van der Waals surface area contributed by atoms with Gasteiger partial charge in [-0.05, 0) is 34.1 Å². The molecule has 5 nitrogen and oxygen atoms in total. The van der Waals surface area contributed by atoms with Gasteiger partial charge >= 0.3 is 0 Å². The molecule has 20 heavy (non-hydrogen) atoms. The Kier molecular flexibility index (Phi) is 4.69. The number of carbonyl (C=O) groups excluding carboxylic acids is 1. The van der Waals surface area contributed by atoms with Crippen molar-refractivity contribution in [1.82, 2.24) is 4.98 Å². The first-order chi connectivity index (χ1) is 9.69. The Morgan fingerprint density at radius 2 is 2.25 bits per heavy atom. The number of rotatable bonds is 4. The molecule has 1 heterocycles. The maximum atomic E-state index is 12.0. The van der Waals surface area contributed by atoms with Crippen LogP contribution in [0.15, 0.2) is 47.2 Å². The quantitative estimate of drug-likeness (QED) is 0.934. The third-order valence-corrected chi connectivity index (χ3v) is 2.80. The van der Waals surface area contributed by atoms with Gasteiger partial charge in [-0.3, -0.25) is 9.78 Å². The van der Waals surface area contributed by atoms with Crippen molar-refractivity contribution in [1.29, 1.82) is 5.26 Å². The Bertz CT molecular complexity index is 667. The fraction of sp³-hybridized carbons (Fsp3) is 0.0714. The van der Waals surface area contributed by atoms with Crippen molar-refractivity contribution in [3.8, 4) is 11.8 Å². The van der Waals surface area contributed by atoms with Crippen LogP contribution in [0.4, 0.5) is 5.69 Å². The molecule has 6 heteroatoms. The van der Waals surface area contributed by atoms with E-state index in [4.69, 9.17) is 10.00 Å². The van der Waals surface area contributed by atoms with Crippen LogP contribution in [0.2, 0.25) is 0 Å². The molecular formula is C14H10BrN3O2. The summed E-state index contributed by atoms with van der Waals surface area (Å²) in [6.07, 6.45) is 3.09. The summed E-state index contributed by atoms with van der Waals surface area (Å²) in [6, 6.07) is 10.4. The number of nitriles is 1. The zero-order chi connectivity index (χ0) is 14.4. The van der Waals surface area contributed by atoms with Crippen LogP contribution in [0, 0.1) is 11.3 Å². The highest BCUT2D eigenvalue weighted by Crippen LogP contribution is 2.18. The number of anilines is 1. The van der Waals surface area contributed by atoms with Crippen molar-refractivity contribution in [2.75, 3.05) is 11.9 Å². The highest BCUT2D eigenvalue weighted by atomic mass is 79.9. The fourth-order valence-corrected chi connectivity index (χ4v) is 1.88. The number of hydrogen-bond donors (Lipinski definition) is 1. The molecule has 0 spiro atoms. The first-order valence-electron chi connectivity index (χ1n) is 5.71. The van der Waals surface area contributed by atoms with E-state index in [2.05, 4.69) is 26.2 Å². The van der Waals surface area contributed by atoms with Gasteiger partial charge in [0, 0.05) is 28.6 Å². The summed E-state index contributed by atoms with van der Waals surface area (Å²) in [6.45, 7) is -0.0348. The van der Waals surface area contributed by atoms with Crippen LogP contribution in [0.1, 0.15) is 10.4 Å². The molecule has 0 aliphatic rings. The number of carbonyl (C=O) groups is 1. The minimum atomic E-state index is -0.267. The molecule has 1 aromatic carbocycles. The summed E-state index contributed by atoms with van der Waals surface area (Å²) in [5.41, 5.74) is 1.04. The third-order valence-electron chi connectivity index (χ3n) is 2.36. The van der Waals surface area contributed by atoms with Gasteiger partial charge < -0.3 is 10.1 Å². The molecule has 1 N–H and O–H groups in total.